The fraction of sp³-hybridized carbons (Fsp3) is 0.714. The van der Waals surface area contributed by atoms with Gasteiger partial charge in [-0.3, -0.25) is 0 Å². The van der Waals surface area contributed by atoms with Crippen molar-refractivity contribution < 1.29 is 5.11 Å². The topological polar surface area (TPSA) is 58.0 Å². The summed E-state index contributed by atoms with van der Waals surface area (Å²) in [5.74, 6) is 1.59. The molecule has 0 bridgehead atoms. The van der Waals surface area contributed by atoms with Gasteiger partial charge in [-0.05, 0) is 26.7 Å². The SMILES string of the molecule is Cc1cc(NCC2(O)CCCCCC2)nc(C)n1. The van der Waals surface area contributed by atoms with E-state index >= 15 is 0 Å². The van der Waals surface area contributed by atoms with E-state index in [-0.39, 0.29) is 0 Å². The number of rotatable bonds is 3. The molecule has 0 saturated heterocycles. The third-order valence-corrected chi connectivity index (χ3v) is 3.60. The first-order chi connectivity index (χ1) is 8.57. The van der Waals surface area contributed by atoms with Crippen molar-refractivity contribution in [2.45, 2.75) is 58.0 Å². The van der Waals surface area contributed by atoms with Crippen molar-refractivity contribution in [3.63, 3.8) is 0 Å². The quantitative estimate of drug-likeness (QED) is 0.808. The maximum absolute atomic E-state index is 10.5. The van der Waals surface area contributed by atoms with Crippen molar-refractivity contribution in [1.29, 1.82) is 0 Å². The Bertz CT molecular complexity index is 378. The molecule has 1 aliphatic rings. The van der Waals surface area contributed by atoms with Crippen molar-refractivity contribution in [1.82, 2.24) is 9.97 Å². The lowest BCUT2D eigenvalue weighted by Crippen LogP contribution is -2.36. The van der Waals surface area contributed by atoms with Crippen LogP contribution < -0.4 is 5.32 Å². The van der Waals surface area contributed by atoms with Gasteiger partial charge in [0.1, 0.15) is 11.6 Å². The Morgan fingerprint density at radius 1 is 1.17 bits per heavy atom. The standard InChI is InChI=1S/C14H23N3O/c1-11-9-13(17-12(2)16-11)15-10-14(18)7-5-3-4-6-8-14/h9,18H,3-8,10H2,1-2H3,(H,15,16,17). The lowest BCUT2D eigenvalue weighted by molar-refractivity contribution is 0.0380. The molecule has 0 aromatic carbocycles. The molecule has 0 amide bonds. The predicted octanol–water partition coefficient (Wildman–Crippen LogP) is 2.59. The zero-order valence-electron chi connectivity index (χ0n) is 11.4. The molecular weight excluding hydrogens is 226 g/mol. The first-order valence-corrected chi connectivity index (χ1v) is 6.86. The van der Waals surface area contributed by atoms with Crippen LogP contribution in [0.5, 0.6) is 0 Å². The summed E-state index contributed by atoms with van der Waals surface area (Å²) in [7, 11) is 0. The summed E-state index contributed by atoms with van der Waals surface area (Å²) in [4.78, 5) is 8.59. The van der Waals surface area contributed by atoms with Gasteiger partial charge < -0.3 is 10.4 Å². The minimum absolute atomic E-state index is 0.566. The van der Waals surface area contributed by atoms with Crippen LogP contribution in [0.25, 0.3) is 0 Å². The van der Waals surface area contributed by atoms with Crippen LogP contribution in [-0.4, -0.2) is 27.2 Å². The molecule has 1 saturated carbocycles. The lowest BCUT2D eigenvalue weighted by atomic mass is 9.94. The van der Waals surface area contributed by atoms with Gasteiger partial charge in [-0.1, -0.05) is 25.7 Å². The van der Waals surface area contributed by atoms with E-state index in [0.717, 1.165) is 43.0 Å². The molecule has 0 aliphatic heterocycles. The lowest BCUT2D eigenvalue weighted by Gasteiger charge is -2.27. The fourth-order valence-electron chi connectivity index (χ4n) is 2.63. The largest absolute Gasteiger partial charge is 0.388 e. The number of hydrogen-bond acceptors (Lipinski definition) is 4. The minimum Gasteiger partial charge on any atom is -0.388 e. The van der Waals surface area contributed by atoms with Gasteiger partial charge in [0.05, 0.1) is 5.60 Å². The van der Waals surface area contributed by atoms with Gasteiger partial charge in [0.2, 0.25) is 0 Å². The molecule has 0 atom stereocenters. The molecule has 1 aliphatic carbocycles. The first-order valence-electron chi connectivity index (χ1n) is 6.86. The van der Waals surface area contributed by atoms with Crippen LogP contribution in [0.2, 0.25) is 0 Å². The molecule has 18 heavy (non-hydrogen) atoms. The van der Waals surface area contributed by atoms with Crippen LogP contribution in [0, 0.1) is 13.8 Å². The van der Waals surface area contributed by atoms with Gasteiger partial charge in [-0.2, -0.15) is 0 Å². The highest BCUT2D eigenvalue weighted by molar-refractivity contribution is 5.36. The van der Waals surface area contributed by atoms with Gasteiger partial charge >= 0.3 is 0 Å². The molecular formula is C14H23N3O. The monoisotopic (exact) mass is 249 g/mol. The summed E-state index contributed by atoms with van der Waals surface area (Å²) in [5.41, 5.74) is 0.390. The van der Waals surface area contributed by atoms with Crippen molar-refractivity contribution in [2.75, 3.05) is 11.9 Å². The highest BCUT2D eigenvalue weighted by Crippen LogP contribution is 2.27. The molecule has 100 valence electrons. The molecule has 2 N–H and O–H groups in total. The average Bonchev–Trinajstić information content (AvgIpc) is 2.51. The zero-order valence-corrected chi connectivity index (χ0v) is 11.4. The van der Waals surface area contributed by atoms with E-state index in [1.807, 2.05) is 19.9 Å². The molecule has 0 radical (unpaired) electrons. The Kier molecular flexibility index (Phi) is 4.17. The van der Waals surface area contributed by atoms with Crippen LogP contribution in [0.3, 0.4) is 0 Å². The fourth-order valence-corrected chi connectivity index (χ4v) is 2.63. The van der Waals surface area contributed by atoms with E-state index in [0.29, 0.717) is 6.54 Å². The number of nitrogens with zero attached hydrogens (tertiary/aromatic N) is 2. The Morgan fingerprint density at radius 2 is 1.83 bits per heavy atom. The van der Waals surface area contributed by atoms with Crippen molar-refractivity contribution in [2.24, 2.45) is 0 Å². The maximum atomic E-state index is 10.5. The van der Waals surface area contributed by atoms with Crippen molar-refractivity contribution in [3.8, 4) is 0 Å². The van der Waals surface area contributed by atoms with Gasteiger partial charge in [0.25, 0.3) is 0 Å². The first kappa shape index (κ1) is 13.3. The summed E-state index contributed by atoms with van der Waals surface area (Å²) in [6, 6.07) is 1.92. The highest BCUT2D eigenvalue weighted by atomic mass is 16.3. The van der Waals surface area contributed by atoms with Gasteiger partial charge in [0.15, 0.2) is 0 Å². The van der Waals surface area contributed by atoms with Crippen LogP contribution in [0.15, 0.2) is 6.07 Å². The maximum Gasteiger partial charge on any atom is 0.130 e. The third kappa shape index (κ3) is 3.67. The molecule has 2 rings (SSSR count). The second-order valence-corrected chi connectivity index (χ2v) is 5.43. The van der Waals surface area contributed by atoms with E-state index < -0.39 is 5.60 Å². The van der Waals surface area contributed by atoms with E-state index in [9.17, 15) is 5.11 Å². The van der Waals surface area contributed by atoms with Crippen molar-refractivity contribution in [3.05, 3.63) is 17.6 Å². The van der Waals surface area contributed by atoms with Crippen LogP contribution in [0.4, 0.5) is 5.82 Å². The van der Waals surface area contributed by atoms with Crippen molar-refractivity contribution >= 4 is 5.82 Å². The van der Waals surface area contributed by atoms with Gasteiger partial charge in [0, 0.05) is 18.3 Å². The molecule has 0 unspecified atom stereocenters. The van der Waals surface area contributed by atoms with E-state index in [1.54, 1.807) is 0 Å². The average molecular weight is 249 g/mol. The van der Waals surface area contributed by atoms with Crippen LogP contribution in [-0.2, 0) is 0 Å². The molecule has 1 fully saturated rings. The number of aromatic nitrogens is 2. The van der Waals surface area contributed by atoms with E-state index in [1.165, 1.54) is 12.8 Å². The Balaban J connectivity index is 1.97. The molecule has 1 heterocycles. The smallest absolute Gasteiger partial charge is 0.130 e. The molecule has 4 nitrogen and oxygen atoms in total. The van der Waals surface area contributed by atoms with Crippen LogP contribution in [0.1, 0.15) is 50.0 Å². The Hall–Kier alpha value is -1.16. The Labute approximate surface area is 109 Å². The van der Waals surface area contributed by atoms with Gasteiger partial charge in [-0.25, -0.2) is 9.97 Å². The van der Waals surface area contributed by atoms with Gasteiger partial charge in [-0.15, -0.1) is 0 Å². The third-order valence-electron chi connectivity index (χ3n) is 3.60. The molecule has 1 aromatic heterocycles. The van der Waals surface area contributed by atoms with Crippen LogP contribution >= 0.6 is 0 Å². The molecule has 0 spiro atoms. The van der Waals surface area contributed by atoms with E-state index in [2.05, 4.69) is 15.3 Å². The number of hydrogen-bond donors (Lipinski definition) is 2. The summed E-state index contributed by atoms with van der Waals surface area (Å²) in [5, 5.41) is 13.8. The summed E-state index contributed by atoms with van der Waals surface area (Å²) < 4.78 is 0. The second-order valence-electron chi connectivity index (χ2n) is 5.43. The number of aryl methyl sites for hydroxylation is 2. The molecule has 4 heteroatoms. The summed E-state index contributed by atoms with van der Waals surface area (Å²) >= 11 is 0. The zero-order chi connectivity index (χ0) is 13.0. The molecule has 1 aromatic rings. The second kappa shape index (κ2) is 5.65. The highest BCUT2D eigenvalue weighted by Gasteiger charge is 2.27. The predicted molar refractivity (Wildman–Crippen MR) is 72.6 cm³/mol. The summed E-state index contributed by atoms with van der Waals surface area (Å²) in [6.45, 7) is 4.43. The summed E-state index contributed by atoms with van der Waals surface area (Å²) in [6.07, 6.45) is 6.52. The number of anilines is 1. The number of aliphatic hydroxyl groups is 1. The number of nitrogens with one attached hydrogen (secondary N) is 1. The normalized spacial score (nSPS) is 19.3. The Morgan fingerprint density at radius 3 is 2.44 bits per heavy atom. The van der Waals surface area contributed by atoms with E-state index in [4.69, 9.17) is 0 Å². The minimum atomic E-state index is -0.566.